The van der Waals surface area contributed by atoms with Crippen molar-refractivity contribution in [3.63, 3.8) is 0 Å². The Balaban J connectivity index is 1.59. The Morgan fingerprint density at radius 2 is 1.76 bits per heavy atom. The summed E-state index contributed by atoms with van der Waals surface area (Å²) in [6, 6.07) is 8.39. The Bertz CT molecular complexity index is 855. The van der Waals surface area contributed by atoms with E-state index in [0.717, 1.165) is 31.2 Å². The largest absolute Gasteiger partial charge is 0.494 e. The molecule has 0 N–H and O–H groups in total. The Morgan fingerprint density at radius 1 is 1.00 bits per heavy atom. The van der Waals surface area contributed by atoms with Crippen LogP contribution in [0.15, 0.2) is 36.4 Å². The Hall–Kier alpha value is -2.27. The second-order valence-electron chi connectivity index (χ2n) is 7.44. The number of hydrogen-bond acceptors (Lipinski definition) is 2. The number of ether oxygens (including phenoxy) is 2. The Labute approximate surface area is 170 Å². The van der Waals surface area contributed by atoms with Crippen LogP contribution in [0.5, 0.6) is 5.75 Å². The van der Waals surface area contributed by atoms with Crippen LogP contribution in [0, 0.1) is 23.4 Å². The predicted octanol–water partition coefficient (Wildman–Crippen LogP) is 6.64. The molecule has 5 heteroatoms. The molecule has 0 atom stereocenters. The fourth-order valence-electron chi connectivity index (χ4n) is 3.86. The van der Waals surface area contributed by atoms with Crippen LogP contribution in [-0.4, -0.2) is 13.7 Å². The van der Waals surface area contributed by atoms with Gasteiger partial charge in [0.15, 0.2) is 11.6 Å². The van der Waals surface area contributed by atoms with Gasteiger partial charge in [-0.25, -0.2) is 8.78 Å². The molecular weight excluding hydrogens is 377 g/mol. The lowest BCUT2D eigenvalue weighted by Crippen LogP contribution is -2.12. The average molecular weight is 404 g/mol. The predicted molar refractivity (Wildman–Crippen MR) is 108 cm³/mol. The van der Waals surface area contributed by atoms with Crippen molar-refractivity contribution in [1.29, 1.82) is 0 Å². The molecule has 1 saturated carbocycles. The summed E-state index contributed by atoms with van der Waals surface area (Å²) >= 11 is 0. The van der Waals surface area contributed by atoms with E-state index in [-0.39, 0.29) is 17.1 Å². The number of halogens is 3. The van der Waals surface area contributed by atoms with Gasteiger partial charge < -0.3 is 9.47 Å². The minimum Gasteiger partial charge on any atom is -0.494 e. The van der Waals surface area contributed by atoms with E-state index < -0.39 is 11.6 Å². The summed E-state index contributed by atoms with van der Waals surface area (Å²) in [7, 11) is 1.31. The van der Waals surface area contributed by atoms with E-state index in [1.54, 1.807) is 12.1 Å². The summed E-state index contributed by atoms with van der Waals surface area (Å²) in [6.07, 6.45) is 7.35. The van der Waals surface area contributed by atoms with E-state index in [4.69, 9.17) is 9.47 Å². The van der Waals surface area contributed by atoms with Crippen LogP contribution in [0.2, 0.25) is 0 Å². The Kier molecular flexibility index (Phi) is 7.37. The van der Waals surface area contributed by atoms with Gasteiger partial charge in [0.2, 0.25) is 5.82 Å². The lowest BCUT2D eigenvalue weighted by atomic mass is 9.78. The van der Waals surface area contributed by atoms with Gasteiger partial charge in [0.05, 0.1) is 13.7 Å². The minimum absolute atomic E-state index is 0.0975. The first-order valence-electron chi connectivity index (χ1n) is 10.1. The molecule has 3 rings (SSSR count). The van der Waals surface area contributed by atoms with Crippen molar-refractivity contribution in [3.05, 3.63) is 70.5 Å². The molecular formula is C24H27F3O2. The second kappa shape index (κ2) is 9.97. The Morgan fingerprint density at radius 3 is 2.41 bits per heavy atom. The summed E-state index contributed by atoms with van der Waals surface area (Å²) in [5.74, 6) is -1.54. The van der Waals surface area contributed by atoms with Crippen LogP contribution in [0.4, 0.5) is 13.2 Å². The van der Waals surface area contributed by atoms with Crippen molar-refractivity contribution < 1.29 is 22.6 Å². The van der Waals surface area contributed by atoms with Gasteiger partial charge in [-0.2, -0.15) is 4.39 Å². The van der Waals surface area contributed by atoms with E-state index in [1.807, 2.05) is 25.1 Å². The third-order valence-corrected chi connectivity index (χ3v) is 5.63. The molecule has 0 radical (unpaired) electrons. The first-order valence-corrected chi connectivity index (χ1v) is 10.1. The van der Waals surface area contributed by atoms with Crippen molar-refractivity contribution in [2.24, 2.45) is 5.92 Å². The second-order valence-corrected chi connectivity index (χ2v) is 7.44. The van der Waals surface area contributed by atoms with Crippen LogP contribution in [0.1, 0.15) is 55.2 Å². The molecule has 2 nitrogen and oxygen atoms in total. The molecule has 0 spiro atoms. The van der Waals surface area contributed by atoms with Crippen LogP contribution < -0.4 is 4.74 Å². The SMILES string of the molecule is CCOCc1ccc(C2CCC(/C=C/c3ccc(OC)c(F)c3F)CC2)cc1F. The van der Waals surface area contributed by atoms with Crippen LogP contribution in [0.25, 0.3) is 6.08 Å². The van der Waals surface area contributed by atoms with Crippen molar-refractivity contribution in [1.82, 2.24) is 0 Å². The highest BCUT2D eigenvalue weighted by Gasteiger charge is 2.22. The molecule has 0 unspecified atom stereocenters. The number of allylic oxidation sites excluding steroid dienone is 1. The van der Waals surface area contributed by atoms with Crippen LogP contribution in [0.3, 0.4) is 0 Å². The minimum atomic E-state index is -0.965. The van der Waals surface area contributed by atoms with Crippen molar-refractivity contribution >= 4 is 6.08 Å². The van der Waals surface area contributed by atoms with Crippen molar-refractivity contribution in [2.45, 2.75) is 45.1 Å². The van der Waals surface area contributed by atoms with E-state index in [1.165, 1.54) is 19.2 Å². The molecule has 1 fully saturated rings. The van der Waals surface area contributed by atoms with Crippen molar-refractivity contribution in [3.8, 4) is 5.75 Å². The van der Waals surface area contributed by atoms with Gasteiger partial charge in [0, 0.05) is 17.7 Å². The smallest absolute Gasteiger partial charge is 0.201 e. The zero-order chi connectivity index (χ0) is 20.8. The quantitative estimate of drug-likeness (QED) is 0.515. The molecule has 0 saturated heterocycles. The zero-order valence-corrected chi connectivity index (χ0v) is 16.9. The summed E-state index contributed by atoms with van der Waals surface area (Å²) in [5.41, 5.74) is 1.83. The monoisotopic (exact) mass is 404 g/mol. The van der Waals surface area contributed by atoms with Gasteiger partial charge in [-0.05, 0) is 68.2 Å². The fraction of sp³-hybridized carbons (Fsp3) is 0.417. The van der Waals surface area contributed by atoms with E-state index in [0.29, 0.717) is 30.6 Å². The maximum Gasteiger partial charge on any atom is 0.201 e. The van der Waals surface area contributed by atoms with Gasteiger partial charge in [-0.15, -0.1) is 0 Å². The molecule has 0 heterocycles. The normalized spacial score (nSPS) is 19.6. The summed E-state index contributed by atoms with van der Waals surface area (Å²) < 4.78 is 52.3. The van der Waals surface area contributed by atoms with Crippen molar-refractivity contribution in [2.75, 3.05) is 13.7 Å². The zero-order valence-electron chi connectivity index (χ0n) is 16.9. The number of benzene rings is 2. The highest BCUT2D eigenvalue weighted by Crippen LogP contribution is 2.37. The van der Waals surface area contributed by atoms with E-state index in [2.05, 4.69) is 0 Å². The molecule has 0 aliphatic heterocycles. The van der Waals surface area contributed by atoms with Crippen LogP contribution in [-0.2, 0) is 11.3 Å². The third kappa shape index (κ3) is 5.21. The van der Waals surface area contributed by atoms with Gasteiger partial charge in [-0.3, -0.25) is 0 Å². The lowest BCUT2D eigenvalue weighted by Gasteiger charge is -2.27. The first kappa shape index (κ1) is 21.4. The molecule has 0 amide bonds. The number of methoxy groups -OCH3 is 1. The maximum absolute atomic E-state index is 14.3. The van der Waals surface area contributed by atoms with Gasteiger partial charge in [0.25, 0.3) is 0 Å². The molecule has 2 aromatic carbocycles. The molecule has 0 bridgehead atoms. The summed E-state index contributed by atoms with van der Waals surface area (Å²) in [5, 5.41) is 0. The highest BCUT2D eigenvalue weighted by atomic mass is 19.2. The lowest BCUT2D eigenvalue weighted by molar-refractivity contribution is 0.131. The molecule has 0 aromatic heterocycles. The van der Waals surface area contributed by atoms with E-state index >= 15 is 0 Å². The first-order chi connectivity index (χ1) is 14.0. The average Bonchev–Trinajstić information content (AvgIpc) is 2.74. The number of hydrogen-bond donors (Lipinski definition) is 0. The summed E-state index contributed by atoms with van der Waals surface area (Å²) in [4.78, 5) is 0. The topological polar surface area (TPSA) is 18.5 Å². The highest BCUT2D eigenvalue weighted by molar-refractivity contribution is 5.52. The van der Waals surface area contributed by atoms with E-state index in [9.17, 15) is 13.2 Å². The maximum atomic E-state index is 14.3. The molecule has 2 aromatic rings. The van der Waals surface area contributed by atoms with Crippen LogP contribution >= 0.6 is 0 Å². The van der Waals surface area contributed by atoms with Gasteiger partial charge >= 0.3 is 0 Å². The molecule has 1 aliphatic carbocycles. The third-order valence-electron chi connectivity index (χ3n) is 5.63. The molecule has 156 valence electrons. The standard InChI is InChI=1S/C24H27F3O2/c1-3-29-15-20-11-10-19(14-21(20)25)17-7-4-16(5-8-17)6-9-18-12-13-22(28-2)24(27)23(18)26/h6,9-14,16-17H,3-5,7-8,15H2,1-2H3/b9-6+. The van der Waals surface area contributed by atoms with Gasteiger partial charge in [-0.1, -0.05) is 24.3 Å². The molecule has 1 aliphatic rings. The molecule has 29 heavy (non-hydrogen) atoms. The number of rotatable bonds is 7. The van der Waals surface area contributed by atoms with Gasteiger partial charge in [0.1, 0.15) is 5.82 Å². The fourth-order valence-corrected chi connectivity index (χ4v) is 3.86. The summed E-state index contributed by atoms with van der Waals surface area (Å²) in [6.45, 7) is 2.74.